The number of para-hydroxylation sites is 1. The van der Waals surface area contributed by atoms with Crippen LogP contribution in [0.1, 0.15) is 13.8 Å². The van der Waals surface area contributed by atoms with E-state index in [-0.39, 0.29) is 0 Å². The molecule has 0 aliphatic heterocycles. The summed E-state index contributed by atoms with van der Waals surface area (Å²) in [6.07, 6.45) is 1.83. The third-order valence-corrected chi connectivity index (χ3v) is 5.02. The van der Waals surface area contributed by atoms with E-state index < -0.39 is 0 Å². The van der Waals surface area contributed by atoms with Gasteiger partial charge in [-0.25, -0.2) is 4.98 Å². The van der Waals surface area contributed by atoms with E-state index in [1.807, 2.05) is 42.6 Å². The van der Waals surface area contributed by atoms with Crippen molar-refractivity contribution < 1.29 is 4.42 Å². The predicted octanol–water partition coefficient (Wildman–Crippen LogP) is 6.52. The summed E-state index contributed by atoms with van der Waals surface area (Å²) >= 11 is 0. The largest absolute Gasteiger partial charge is 0.436 e. The molecule has 0 radical (unpaired) electrons. The summed E-state index contributed by atoms with van der Waals surface area (Å²) in [5.41, 5.74) is 5.52. The first-order valence-electron chi connectivity index (χ1n) is 9.76. The third-order valence-electron chi connectivity index (χ3n) is 5.02. The van der Waals surface area contributed by atoms with Gasteiger partial charge >= 0.3 is 0 Å². The van der Waals surface area contributed by atoms with Crippen molar-refractivity contribution >= 4 is 5.69 Å². The monoisotopic (exact) mass is 368 g/mol. The van der Waals surface area contributed by atoms with Crippen molar-refractivity contribution in [2.45, 2.75) is 13.8 Å². The number of benzene rings is 3. The van der Waals surface area contributed by atoms with E-state index in [0.717, 1.165) is 41.1 Å². The molecule has 4 aromatic rings. The van der Waals surface area contributed by atoms with Crippen molar-refractivity contribution in [3.05, 3.63) is 85.1 Å². The molecule has 0 saturated heterocycles. The topological polar surface area (TPSA) is 29.3 Å². The molecule has 0 fully saturated rings. The Balaban J connectivity index is 1.77. The van der Waals surface area contributed by atoms with Crippen molar-refractivity contribution in [3.8, 4) is 33.9 Å². The van der Waals surface area contributed by atoms with E-state index in [0.29, 0.717) is 5.89 Å². The number of rotatable bonds is 6. The Morgan fingerprint density at radius 1 is 0.714 bits per heavy atom. The molecule has 0 spiro atoms. The highest BCUT2D eigenvalue weighted by atomic mass is 16.4. The average Bonchev–Trinajstić information content (AvgIpc) is 3.26. The molecule has 0 unspecified atom stereocenters. The minimum atomic E-state index is 0.642. The van der Waals surface area contributed by atoms with Gasteiger partial charge in [-0.2, -0.15) is 0 Å². The standard InChI is InChI=1S/C25H24N2O/c1-3-27(4-2)23-17-11-10-16-22(23)24-18-26-25(28-24)21-15-9-8-14-20(21)19-12-6-5-7-13-19/h5-18H,3-4H2,1-2H3. The zero-order valence-electron chi connectivity index (χ0n) is 16.3. The van der Waals surface area contributed by atoms with Crippen LogP contribution in [-0.4, -0.2) is 18.1 Å². The number of nitrogens with zero attached hydrogens (tertiary/aromatic N) is 2. The Morgan fingerprint density at radius 2 is 1.32 bits per heavy atom. The van der Waals surface area contributed by atoms with E-state index in [1.54, 1.807) is 0 Å². The summed E-state index contributed by atoms with van der Waals surface area (Å²) < 4.78 is 6.26. The number of hydrogen-bond donors (Lipinski definition) is 0. The summed E-state index contributed by atoms with van der Waals surface area (Å²) in [5.74, 6) is 1.43. The van der Waals surface area contributed by atoms with Crippen LogP contribution in [0.15, 0.2) is 89.5 Å². The molecule has 0 N–H and O–H groups in total. The second-order valence-corrected chi connectivity index (χ2v) is 6.63. The molecule has 28 heavy (non-hydrogen) atoms. The molecule has 0 aliphatic carbocycles. The zero-order chi connectivity index (χ0) is 19.3. The molecule has 0 atom stereocenters. The van der Waals surface area contributed by atoms with Gasteiger partial charge in [-0.15, -0.1) is 0 Å². The lowest BCUT2D eigenvalue weighted by atomic mass is 10.00. The summed E-state index contributed by atoms with van der Waals surface area (Å²) in [5, 5.41) is 0. The van der Waals surface area contributed by atoms with Gasteiger partial charge in [0.05, 0.1) is 6.20 Å². The van der Waals surface area contributed by atoms with E-state index in [4.69, 9.17) is 4.42 Å². The molecule has 1 heterocycles. The maximum absolute atomic E-state index is 6.26. The van der Waals surface area contributed by atoms with Crippen LogP contribution in [0.2, 0.25) is 0 Å². The van der Waals surface area contributed by atoms with Gasteiger partial charge in [0, 0.05) is 29.9 Å². The lowest BCUT2D eigenvalue weighted by Gasteiger charge is -2.23. The number of anilines is 1. The van der Waals surface area contributed by atoms with Gasteiger partial charge in [0.2, 0.25) is 5.89 Å². The first-order chi connectivity index (χ1) is 13.8. The molecule has 0 aliphatic rings. The van der Waals surface area contributed by atoms with Crippen LogP contribution in [0.4, 0.5) is 5.69 Å². The van der Waals surface area contributed by atoms with Crippen LogP contribution < -0.4 is 4.90 Å². The van der Waals surface area contributed by atoms with Gasteiger partial charge in [0.15, 0.2) is 5.76 Å². The van der Waals surface area contributed by atoms with Crippen LogP contribution in [0.5, 0.6) is 0 Å². The van der Waals surface area contributed by atoms with E-state index in [1.165, 1.54) is 5.69 Å². The first kappa shape index (κ1) is 18.1. The summed E-state index contributed by atoms with van der Waals surface area (Å²) in [7, 11) is 0. The molecule has 3 aromatic carbocycles. The second-order valence-electron chi connectivity index (χ2n) is 6.63. The fourth-order valence-electron chi connectivity index (χ4n) is 3.58. The van der Waals surface area contributed by atoms with Crippen molar-refractivity contribution in [1.29, 1.82) is 0 Å². The summed E-state index contributed by atoms with van der Waals surface area (Å²) in [6, 6.07) is 26.9. The Bertz CT molecular complexity index is 1050. The van der Waals surface area contributed by atoms with Gasteiger partial charge in [-0.05, 0) is 43.2 Å². The molecule has 0 amide bonds. The van der Waals surface area contributed by atoms with Gasteiger partial charge in [0.25, 0.3) is 0 Å². The van der Waals surface area contributed by atoms with Crippen molar-refractivity contribution in [1.82, 2.24) is 4.98 Å². The molecule has 3 nitrogen and oxygen atoms in total. The molecular formula is C25H24N2O. The average molecular weight is 368 g/mol. The normalized spacial score (nSPS) is 10.8. The van der Waals surface area contributed by atoms with Crippen LogP contribution >= 0.6 is 0 Å². The predicted molar refractivity (Wildman–Crippen MR) is 116 cm³/mol. The zero-order valence-corrected chi connectivity index (χ0v) is 16.3. The maximum Gasteiger partial charge on any atom is 0.227 e. The molecule has 3 heteroatoms. The van der Waals surface area contributed by atoms with E-state index >= 15 is 0 Å². The van der Waals surface area contributed by atoms with E-state index in [9.17, 15) is 0 Å². The molecule has 1 aromatic heterocycles. The Labute approximate surface area is 166 Å². The first-order valence-corrected chi connectivity index (χ1v) is 9.76. The smallest absolute Gasteiger partial charge is 0.227 e. The minimum Gasteiger partial charge on any atom is -0.436 e. The van der Waals surface area contributed by atoms with Crippen LogP contribution in [0.25, 0.3) is 33.9 Å². The molecule has 4 rings (SSSR count). The Morgan fingerprint density at radius 3 is 2.04 bits per heavy atom. The van der Waals surface area contributed by atoms with E-state index in [2.05, 4.69) is 66.2 Å². The van der Waals surface area contributed by atoms with Crippen LogP contribution in [-0.2, 0) is 0 Å². The SMILES string of the molecule is CCN(CC)c1ccccc1-c1cnc(-c2ccccc2-c2ccccc2)o1. The fraction of sp³-hybridized carbons (Fsp3) is 0.160. The minimum absolute atomic E-state index is 0.642. The number of oxazole rings is 1. The van der Waals surface area contributed by atoms with Gasteiger partial charge in [-0.3, -0.25) is 0 Å². The van der Waals surface area contributed by atoms with Crippen molar-refractivity contribution in [3.63, 3.8) is 0 Å². The van der Waals surface area contributed by atoms with Crippen molar-refractivity contribution in [2.75, 3.05) is 18.0 Å². The highest BCUT2D eigenvalue weighted by molar-refractivity contribution is 5.81. The Kier molecular flexibility index (Phi) is 5.24. The van der Waals surface area contributed by atoms with Crippen LogP contribution in [0, 0.1) is 0 Å². The lowest BCUT2D eigenvalue weighted by molar-refractivity contribution is 0.589. The highest BCUT2D eigenvalue weighted by Crippen LogP contribution is 2.36. The molecule has 0 bridgehead atoms. The highest BCUT2D eigenvalue weighted by Gasteiger charge is 2.16. The second kappa shape index (κ2) is 8.13. The van der Waals surface area contributed by atoms with Gasteiger partial charge < -0.3 is 9.32 Å². The number of hydrogen-bond acceptors (Lipinski definition) is 3. The summed E-state index contributed by atoms with van der Waals surface area (Å²) in [4.78, 5) is 6.94. The molecular weight excluding hydrogens is 344 g/mol. The maximum atomic E-state index is 6.26. The fourth-order valence-corrected chi connectivity index (χ4v) is 3.58. The third kappa shape index (κ3) is 3.44. The van der Waals surface area contributed by atoms with Gasteiger partial charge in [-0.1, -0.05) is 60.7 Å². The molecule has 0 saturated carbocycles. The van der Waals surface area contributed by atoms with Gasteiger partial charge in [0.1, 0.15) is 0 Å². The Hall–Kier alpha value is -3.33. The lowest BCUT2D eigenvalue weighted by Crippen LogP contribution is -2.22. The number of aromatic nitrogens is 1. The quantitative estimate of drug-likeness (QED) is 0.388. The van der Waals surface area contributed by atoms with Crippen LogP contribution in [0.3, 0.4) is 0 Å². The summed E-state index contributed by atoms with van der Waals surface area (Å²) in [6.45, 7) is 6.24. The molecule has 140 valence electrons. The van der Waals surface area contributed by atoms with Crippen molar-refractivity contribution in [2.24, 2.45) is 0 Å².